The quantitative estimate of drug-likeness (QED) is 0.324. The van der Waals surface area contributed by atoms with Crippen LogP contribution in [0.5, 0.6) is 0 Å². The molecule has 1 fully saturated rings. The van der Waals surface area contributed by atoms with Crippen molar-refractivity contribution in [3.8, 4) is 0 Å². The summed E-state index contributed by atoms with van der Waals surface area (Å²) >= 11 is 0. The number of hydrogen-bond acceptors (Lipinski definition) is 5. The molecule has 0 spiro atoms. The van der Waals surface area contributed by atoms with E-state index in [9.17, 15) is 4.79 Å². The second-order valence-electron chi connectivity index (χ2n) is 6.34. The first-order valence-corrected chi connectivity index (χ1v) is 9.09. The van der Waals surface area contributed by atoms with E-state index in [2.05, 4.69) is 4.99 Å². The summed E-state index contributed by atoms with van der Waals surface area (Å²) in [4.78, 5) is 16.6. The van der Waals surface area contributed by atoms with Gasteiger partial charge < -0.3 is 14.2 Å². The molecule has 5 nitrogen and oxygen atoms in total. The van der Waals surface area contributed by atoms with E-state index in [1.807, 2.05) is 44.2 Å². The molecule has 2 rings (SSSR count). The van der Waals surface area contributed by atoms with E-state index in [0.29, 0.717) is 13.2 Å². The van der Waals surface area contributed by atoms with Crippen molar-refractivity contribution in [3.63, 3.8) is 0 Å². The zero-order valence-electron chi connectivity index (χ0n) is 15.4. The van der Waals surface area contributed by atoms with Gasteiger partial charge in [0.2, 0.25) is 0 Å². The van der Waals surface area contributed by atoms with Crippen LogP contribution in [0, 0.1) is 11.8 Å². The van der Waals surface area contributed by atoms with Gasteiger partial charge in [0.05, 0.1) is 5.92 Å². The van der Waals surface area contributed by atoms with Crippen LogP contribution in [0.25, 0.3) is 0 Å². The number of benzene rings is 1. The number of ether oxygens (including phenoxy) is 3. The molecule has 0 aliphatic heterocycles. The summed E-state index contributed by atoms with van der Waals surface area (Å²) in [5.74, 6) is 0.867. The fourth-order valence-corrected chi connectivity index (χ4v) is 3.19. The van der Waals surface area contributed by atoms with E-state index in [-0.39, 0.29) is 24.1 Å². The third kappa shape index (κ3) is 6.16. The second-order valence-corrected chi connectivity index (χ2v) is 6.34. The fourth-order valence-electron chi connectivity index (χ4n) is 3.19. The van der Waals surface area contributed by atoms with Crippen molar-refractivity contribution in [2.75, 3.05) is 13.7 Å². The molecule has 1 unspecified atom stereocenters. The second kappa shape index (κ2) is 10.2. The highest BCUT2D eigenvalue weighted by Gasteiger charge is 2.31. The van der Waals surface area contributed by atoms with Gasteiger partial charge in [-0.1, -0.05) is 30.3 Å². The Labute approximate surface area is 150 Å². The van der Waals surface area contributed by atoms with Crippen LogP contribution in [0.1, 0.15) is 45.1 Å². The van der Waals surface area contributed by atoms with E-state index in [4.69, 9.17) is 14.2 Å². The zero-order chi connectivity index (χ0) is 18.1. The van der Waals surface area contributed by atoms with Gasteiger partial charge in [-0.05, 0) is 45.1 Å². The molecule has 0 radical (unpaired) electrons. The maximum atomic E-state index is 12.3. The Balaban J connectivity index is 1.77. The fraction of sp³-hybridized carbons (Fsp3) is 0.600. The number of nitrogens with zero attached hydrogens (tertiary/aromatic N) is 1. The van der Waals surface area contributed by atoms with Crippen LogP contribution in [0.3, 0.4) is 0 Å². The molecular formula is C20H29NO4. The molecule has 5 heteroatoms. The summed E-state index contributed by atoms with van der Waals surface area (Å²) in [7, 11) is 1.74. The highest BCUT2D eigenvalue weighted by molar-refractivity contribution is 5.79. The minimum Gasteiger partial charge on any atom is -0.461 e. The number of esters is 1. The number of carbonyl (C=O) groups is 1. The summed E-state index contributed by atoms with van der Waals surface area (Å²) in [6, 6.07) is 9.77. The molecule has 0 aromatic heterocycles. The van der Waals surface area contributed by atoms with Crippen LogP contribution in [-0.2, 0) is 25.6 Å². The lowest BCUT2D eigenvalue weighted by Gasteiger charge is -2.29. The zero-order valence-corrected chi connectivity index (χ0v) is 15.4. The Morgan fingerprint density at radius 3 is 2.40 bits per heavy atom. The Morgan fingerprint density at radius 1 is 1.16 bits per heavy atom. The van der Waals surface area contributed by atoms with Crippen LogP contribution in [0.15, 0.2) is 35.3 Å². The molecule has 1 aromatic carbocycles. The minimum absolute atomic E-state index is 0.0256. The van der Waals surface area contributed by atoms with Gasteiger partial charge in [-0.3, -0.25) is 9.79 Å². The molecule has 0 amide bonds. The summed E-state index contributed by atoms with van der Waals surface area (Å²) in [5, 5.41) is 0. The molecule has 0 saturated heterocycles. The summed E-state index contributed by atoms with van der Waals surface area (Å²) < 4.78 is 16.7. The standard InChI is InChI=1S/C20H29NO4/c1-4-23-15(2)25-19(21-3)17-10-12-18(13-11-17)20(22)24-14-16-8-6-5-7-9-16/h5-9,15,17-18H,4,10-14H2,1-3H3. The minimum atomic E-state index is -0.294. The lowest BCUT2D eigenvalue weighted by Crippen LogP contribution is -2.30. The summed E-state index contributed by atoms with van der Waals surface area (Å²) in [6.07, 6.45) is 3.10. The Kier molecular flexibility index (Phi) is 7.92. The van der Waals surface area contributed by atoms with Crippen molar-refractivity contribution < 1.29 is 19.0 Å². The van der Waals surface area contributed by atoms with Gasteiger partial charge >= 0.3 is 5.97 Å². The molecule has 1 saturated carbocycles. The maximum Gasteiger partial charge on any atom is 0.309 e. The molecule has 1 aromatic rings. The van der Waals surface area contributed by atoms with Gasteiger partial charge in [0.15, 0.2) is 12.2 Å². The first kappa shape index (κ1) is 19.4. The molecule has 1 atom stereocenters. The van der Waals surface area contributed by atoms with E-state index >= 15 is 0 Å². The topological polar surface area (TPSA) is 57.1 Å². The smallest absolute Gasteiger partial charge is 0.309 e. The first-order valence-electron chi connectivity index (χ1n) is 9.09. The van der Waals surface area contributed by atoms with Gasteiger partial charge in [0.1, 0.15) is 6.61 Å². The number of aliphatic imine (C=N–C) groups is 1. The van der Waals surface area contributed by atoms with Gasteiger partial charge in [-0.2, -0.15) is 0 Å². The number of carbonyl (C=O) groups excluding carboxylic acids is 1. The highest BCUT2D eigenvalue weighted by Crippen LogP contribution is 2.31. The average Bonchev–Trinajstić information content (AvgIpc) is 2.65. The number of hydrogen-bond donors (Lipinski definition) is 0. The maximum absolute atomic E-state index is 12.3. The first-order chi connectivity index (χ1) is 12.1. The van der Waals surface area contributed by atoms with Crippen molar-refractivity contribution in [3.05, 3.63) is 35.9 Å². The molecule has 0 bridgehead atoms. The van der Waals surface area contributed by atoms with E-state index in [0.717, 1.165) is 37.1 Å². The molecule has 1 aliphatic carbocycles. The van der Waals surface area contributed by atoms with Crippen molar-refractivity contribution >= 4 is 11.9 Å². The average molecular weight is 347 g/mol. The van der Waals surface area contributed by atoms with Crippen LogP contribution >= 0.6 is 0 Å². The summed E-state index contributed by atoms with van der Waals surface area (Å²) in [5.41, 5.74) is 1.02. The molecular weight excluding hydrogens is 318 g/mol. The normalized spacial score (nSPS) is 22.3. The van der Waals surface area contributed by atoms with Gasteiger partial charge in [-0.25, -0.2) is 0 Å². The van der Waals surface area contributed by atoms with E-state index in [1.54, 1.807) is 7.05 Å². The van der Waals surface area contributed by atoms with Crippen LogP contribution in [0.4, 0.5) is 0 Å². The third-order valence-electron chi connectivity index (χ3n) is 4.54. The van der Waals surface area contributed by atoms with Crippen molar-refractivity contribution in [2.45, 2.75) is 52.4 Å². The van der Waals surface area contributed by atoms with Gasteiger partial charge in [0.25, 0.3) is 0 Å². The molecule has 0 heterocycles. The van der Waals surface area contributed by atoms with Crippen molar-refractivity contribution in [1.82, 2.24) is 0 Å². The van der Waals surface area contributed by atoms with Crippen molar-refractivity contribution in [2.24, 2.45) is 16.8 Å². The predicted octanol–water partition coefficient (Wildman–Crippen LogP) is 3.96. The lowest BCUT2D eigenvalue weighted by molar-refractivity contribution is -0.151. The van der Waals surface area contributed by atoms with Gasteiger partial charge in [-0.15, -0.1) is 0 Å². The number of rotatable bonds is 7. The van der Waals surface area contributed by atoms with Crippen LogP contribution < -0.4 is 0 Å². The van der Waals surface area contributed by atoms with Crippen LogP contribution in [0.2, 0.25) is 0 Å². The predicted molar refractivity (Wildman–Crippen MR) is 97.2 cm³/mol. The van der Waals surface area contributed by atoms with Crippen LogP contribution in [-0.4, -0.2) is 31.8 Å². The van der Waals surface area contributed by atoms with Crippen molar-refractivity contribution in [1.29, 1.82) is 0 Å². The SMILES string of the molecule is CCOC(C)OC(=NC)C1CCC(C(=O)OCc2ccccc2)CC1. The molecule has 0 N–H and O–H groups in total. The lowest BCUT2D eigenvalue weighted by atomic mass is 9.82. The van der Waals surface area contributed by atoms with E-state index in [1.165, 1.54) is 0 Å². The van der Waals surface area contributed by atoms with Gasteiger partial charge in [0, 0.05) is 19.6 Å². The largest absolute Gasteiger partial charge is 0.461 e. The monoisotopic (exact) mass is 347 g/mol. The molecule has 25 heavy (non-hydrogen) atoms. The third-order valence-corrected chi connectivity index (χ3v) is 4.54. The molecule has 138 valence electrons. The Morgan fingerprint density at radius 2 is 1.80 bits per heavy atom. The Hall–Kier alpha value is -1.88. The Bertz CT molecular complexity index is 550. The van der Waals surface area contributed by atoms with E-state index < -0.39 is 0 Å². The molecule has 1 aliphatic rings. The summed E-state index contributed by atoms with van der Waals surface area (Å²) in [6.45, 7) is 4.77. The highest BCUT2D eigenvalue weighted by atomic mass is 16.7.